The second-order valence-corrected chi connectivity index (χ2v) is 7.44. The van der Waals surface area contributed by atoms with Gasteiger partial charge in [0, 0.05) is 42.8 Å². The van der Waals surface area contributed by atoms with Gasteiger partial charge in [-0.15, -0.1) is 0 Å². The minimum absolute atomic E-state index is 0.00398. The number of rotatable bonds is 4. The van der Waals surface area contributed by atoms with Gasteiger partial charge in [0.15, 0.2) is 0 Å². The summed E-state index contributed by atoms with van der Waals surface area (Å²) in [5.41, 5.74) is 3.39. The number of aromatic nitrogens is 1. The van der Waals surface area contributed by atoms with Crippen LogP contribution in [-0.4, -0.2) is 41.5 Å². The predicted molar refractivity (Wildman–Crippen MR) is 111 cm³/mol. The monoisotopic (exact) mass is 378 g/mol. The van der Waals surface area contributed by atoms with Crippen LogP contribution in [0.5, 0.6) is 0 Å². The molecule has 0 aliphatic carbocycles. The van der Waals surface area contributed by atoms with Gasteiger partial charge in [0.1, 0.15) is 5.82 Å². The first-order valence-corrected chi connectivity index (χ1v) is 9.76. The molecule has 1 fully saturated rings. The molecular formula is C23H25FN3O. The van der Waals surface area contributed by atoms with Crippen molar-refractivity contribution in [1.82, 2.24) is 9.88 Å². The minimum atomic E-state index is -0.205. The largest absolute Gasteiger partial charge is 0.365 e. The maximum absolute atomic E-state index is 14.4. The molecule has 1 atom stereocenters. The number of hydrogen-bond acceptors (Lipinski definition) is 2. The molecule has 1 aromatic heterocycles. The molecule has 2 aromatic carbocycles. The van der Waals surface area contributed by atoms with Crippen LogP contribution < -0.4 is 4.90 Å². The van der Waals surface area contributed by atoms with Gasteiger partial charge in [0.05, 0.1) is 11.3 Å². The summed E-state index contributed by atoms with van der Waals surface area (Å²) in [7, 11) is 0. The zero-order valence-electron chi connectivity index (χ0n) is 16.3. The van der Waals surface area contributed by atoms with Crippen molar-refractivity contribution in [3.8, 4) is 0 Å². The van der Waals surface area contributed by atoms with E-state index >= 15 is 0 Å². The van der Waals surface area contributed by atoms with Crippen LogP contribution in [-0.2, 0) is 6.42 Å². The summed E-state index contributed by atoms with van der Waals surface area (Å²) in [6.45, 7) is 5.84. The number of halogens is 1. The molecule has 3 aromatic rings. The van der Waals surface area contributed by atoms with Crippen molar-refractivity contribution in [3.63, 3.8) is 0 Å². The van der Waals surface area contributed by atoms with Crippen LogP contribution in [0.3, 0.4) is 0 Å². The molecule has 1 aliphatic heterocycles. The predicted octanol–water partition coefficient (Wildman–Crippen LogP) is 4.42. The van der Waals surface area contributed by atoms with Crippen molar-refractivity contribution in [3.05, 3.63) is 72.0 Å². The van der Waals surface area contributed by atoms with Crippen molar-refractivity contribution in [1.29, 1.82) is 0 Å². The third-order valence-electron chi connectivity index (χ3n) is 5.50. The Morgan fingerprint density at radius 1 is 1.25 bits per heavy atom. The fourth-order valence-corrected chi connectivity index (χ4v) is 4.04. The molecule has 1 unspecified atom stereocenters. The van der Waals surface area contributed by atoms with Crippen LogP contribution in [0.25, 0.3) is 10.9 Å². The zero-order chi connectivity index (χ0) is 19.7. The van der Waals surface area contributed by atoms with Gasteiger partial charge < -0.3 is 14.8 Å². The first-order chi connectivity index (χ1) is 13.6. The number of aromatic amines is 1. The number of amides is 1. The summed E-state index contributed by atoms with van der Waals surface area (Å²) in [5, 5.41) is 0.941. The third kappa shape index (κ3) is 3.37. The Morgan fingerprint density at radius 3 is 2.86 bits per heavy atom. The van der Waals surface area contributed by atoms with Gasteiger partial charge in [-0.3, -0.25) is 4.79 Å². The van der Waals surface area contributed by atoms with E-state index in [1.807, 2.05) is 55.1 Å². The SMILES string of the molecule is C[CH]Cc1ccc(F)c(N2CCN(C(=O)c3c[nH]c4ccccc34)C(C)C2)c1. The highest BCUT2D eigenvalue weighted by molar-refractivity contribution is 6.06. The Labute approximate surface area is 165 Å². The molecular weight excluding hydrogens is 353 g/mol. The van der Waals surface area contributed by atoms with Gasteiger partial charge in [-0.2, -0.15) is 0 Å². The summed E-state index contributed by atoms with van der Waals surface area (Å²) >= 11 is 0. The number of piperazine rings is 1. The fraction of sp³-hybridized carbons (Fsp3) is 0.304. The molecule has 0 bridgehead atoms. The van der Waals surface area contributed by atoms with Gasteiger partial charge in [-0.25, -0.2) is 4.39 Å². The summed E-state index contributed by atoms with van der Waals surface area (Å²) in [4.78, 5) is 20.3. The maximum Gasteiger partial charge on any atom is 0.256 e. The van der Waals surface area contributed by atoms with Crippen LogP contribution >= 0.6 is 0 Å². The van der Waals surface area contributed by atoms with Crippen LogP contribution in [0.2, 0.25) is 0 Å². The van der Waals surface area contributed by atoms with Crippen molar-refractivity contribution in [2.45, 2.75) is 26.3 Å². The van der Waals surface area contributed by atoms with Gasteiger partial charge in [-0.1, -0.05) is 31.2 Å². The summed E-state index contributed by atoms with van der Waals surface area (Å²) < 4.78 is 14.4. The maximum atomic E-state index is 14.4. The van der Waals surface area contributed by atoms with E-state index in [9.17, 15) is 9.18 Å². The van der Waals surface area contributed by atoms with Crippen molar-refractivity contribution >= 4 is 22.5 Å². The smallest absolute Gasteiger partial charge is 0.256 e. The number of nitrogens with zero attached hydrogens (tertiary/aromatic N) is 2. The molecule has 1 N–H and O–H groups in total. The van der Waals surface area contributed by atoms with Crippen LogP contribution in [0.15, 0.2) is 48.7 Å². The minimum Gasteiger partial charge on any atom is -0.365 e. The number of para-hydroxylation sites is 1. The molecule has 1 radical (unpaired) electrons. The van der Waals surface area contributed by atoms with E-state index < -0.39 is 0 Å². The molecule has 1 amide bonds. The standard InChI is InChI=1S/C23H25FN3O/c1-3-6-17-9-10-20(24)22(13-17)26-11-12-27(16(2)15-26)23(28)19-14-25-21-8-5-4-7-18(19)21/h3-5,7-10,13-14,16,25H,6,11-12,15H2,1-2H3. The topological polar surface area (TPSA) is 39.3 Å². The Balaban J connectivity index is 1.53. The quantitative estimate of drug-likeness (QED) is 0.730. The molecule has 145 valence electrons. The number of carbonyl (C=O) groups excluding carboxylic acids is 1. The number of H-pyrrole nitrogens is 1. The van der Waals surface area contributed by atoms with E-state index in [1.54, 1.807) is 12.3 Å². The van der Waals surface area contributed by atoms with E-state index in [0.29, 0.717) is 30.9 Å². The number of fused-ring (bicyclic) bond motifs is 1. The molecule has 1 saturated heterocycles. The molecule has 4 nitrogen and oxygen atoms in total. The van der Waals surface area contributed by atoms with E-state index in [1.165, 1.54) is 0 Å². The number of benzene rings is 2. The summed E-state index contributed by atoms with van der Waals surface area (Å²) in [5.74, 6) is -0.178. The molecule has 28 heavy (non-hydrogen) atoms. The van der Waals surface area contributed by atoms with Gasteiger partial charge in [0.2, 0.25) is 0 Å². The third-order valence-corrected chi connectivity index (χ3v) is 5.50. The van der Waals surface area contributed by atoms with Gasteiger partial charge in [-0.05, 0) is 43.5 Å². The number of anilines is 1. The van der Waals surface area contributed by atoms with Crippen LogP contribution in [0.1, 0.15) is 29.8 Å². The fourth-order valence-electron chi connectivity index (χ4n) is 4.04. The lowest BCUT2D eigenvalue weighted by molar-refractivity contribution is 0.0676. The second-order valence-electron chi connectivity index (χ2n) is 7.44. The molecule has 5 heteroatoms. The molecule has 0 saturated carbocycles. The van der Waals surface area contributed by atoms with Gasteiger partial charge in [0.25, 0.3) is 5.91 Å². The first-order valence-electron chi connectivity index (χ1n) is 9.76. The van der Waals surface area contributed by atoms with Gasteiger partial charge >= 0.3 is 0 Å². The zero-order valence-corrected chi connectivity index (χ0v) is 16.3. The second kappa shape index (κ2) is 7.66. The van der Waals surface area contributed by atoms with Crippen molar-refractivity contribution in [2.24, 2.45) is 0 Å². The van der Waals surface area contributed by atoms with E-state index in [0.717, 1.165) is 22.9 Å². The Kier molecular flexibility index (Phi) is 5.07. The van der Waals surface area contributed by atoms with Crippen LogP contribution in [0.4, 0.5) is 10.1 Å². The van der Waals surface area contributed by atoms with E-state index in [2.05, 4.69) is 16.3 Å². The molecule has 2 heterocycles. The Hall–Kier alpha value is -2.82. The number of carbonyl (C=O) groups is 1. The average molecular weight is 378 g/mol. The number of hydrogen-bond donors (Lipinski definition) is 1. The average Bonchev–Trinajstić information content (AvgIpc) is 3.13. The normalized spacial score (nSPS) is 17.3. The summed E-state index contributed by atoms with van der Waals surface area (Å²) in [6.07, 6.45) is 4.68. The first kappa shape index (κ1) is 18.5. The lowest BCUT2D eigenvalue weighted by Gasteiger charge is -2.41. The molecule has 0 spiro atoms. The highest BCUT2D eigenvalue weighted by Gasteiger charge is 2.30. The number of nitrogens with one attached hydrogen (secondary N) is 1. The van der Waals surface area contributed by atoms with Crippen molar-refractivity contribution in [2.75, 3.05) is 24.5 Å². The van der Waals surface area contributed by atoms with E-state index in [-0.39, 0.29) is 17.8 Å². The van der Waals surface area contributed by atoms with E-state index in [4.69, 9.17) is 0 Å². The lowest BCUT2D eigenvalue weighted by Crippen LogP contribution is -2.54. The summed E-state index contributed by atoms with van der Waals surface area (Å²) in [6, 6.07) is 13.1. The lowest BCUT2D eigenvalue weighted by atomic mass is 10.1. The Bertz CT molecular complexity index is 996. The highest BCUT2D eigenvalue weighted by Crippen LogP contribution is 2.26. The van der Waals surface area contributed by atoms with Crippen molar-refractivity contribution < 1.29 is 9.18 Å². The Morgan fingerprint density at radius 2 is 2.07 bits per heavy atom. The van der Waals surface area contributed by atoms with Crippen LogP contribution in [0, 0.1) is 12.2 Å². The highest BCUT2D eigenvalue weighted by atomic mass is 19.1. The molecule has 4 rings (SSSR count). The molecule has 1 aliphatic rings.